The Morgan fingerprint density at radius 2 is 1.81 bits per heavy atom. The number of ether oxygens (including phenoxy) is 2. The zero-order valence-electron chi connectivity index (χ0n) is 18.9. The molecule has 0 aliphatic rings. The first-order chi connectivity index (χ1) is 14.7. The number of amides is 1. The fourth-order valence-corrected chi connectivity index (χ4v) is 4.69. The summed E-state index contributed by atoms with van der Waals surface area (Å²) in [7, 11) is -2.63. The van der Waals surface area contributed by atoms with Crippen LogP contribution in [-0.2, 0) is 19.6 Å². The first-order valence-electron chi connectivity index (χ1n) is 10.3. The molecular formula is C23H32N2O5S. The number of hydrogen-bond acceptors (Lipinski definition) is 5. The molecule has 2 aromatic rings. The Balaban J connectivity index is 2.39. The molecule has 8 heteroatoms. The summed E-state index contributed by atoms with van der Waals surface area (Å²) in [4.78, 5) is 12.6. The Hall–Kier alpha value is -2.58. The highest BCUT2D eigenvalue weighted by molar-refractivity contribution is 7.93. The van der Waals surface area contributed by atoms with Crippen LogP contribution in [-0.4, -0.2) is 47.7 Å². The smallest absolute Gasteiger partial charge is 0.268 e. The van der Waals surface area contributed by atoms with E-state index in [0.29, 0.717) is 31.9 Å². The number of methoxy groups -OCH3 is 1. The molecule has 1 N–H and O–H groups in total. The maximum atomic E-state index is 13.7. The van der Waals surface area contributed by atoms with Crippen LogP contribution < -0.4 is 14.4 Å². The van der Waals surface area contributed by atoms with Crippen molar-refractivity contribution in [2.24, 2.45) is 0 Å². The van der Waals surface area contributed by atoms with Crippen molar-refractivity contribution >= 4 is 21.6 Å². The molecule has 0 aromatic heterocycles. The minimum atomic E-state index is -4.06. The maximum Gasteiger partial charge on any atom is 0.268 e. The van der Waals surface area contributed by atoms with Crippen molar-refractivity contribution in [2.45, 2.75) is 39.0 Å². The number of aryl methyl sites for hydroxylation is 3. The summed E-state index contributed by atoms with van der Waals surface area (Å²) in [5.41, 5.74) is 3.18. The molecule has 0 aliphatic heterocycles. The molecule has 0 heterocycles. The lowest BCUT2D eigenvalue weighted by Gasteiger charge is -2.25. The second kappa shape index (κ2) is 11.2. The van der Waals surface area contributed by atoms with Crippen molar-refractivity contribution in [1.29, 1.82) is 0 Å². The van der Waals surface area contributed by atoms with Crippen LogP contribution >= 0.6 is 0 Å². The van der Waals surface area contributed by atoms with E-state index in [1.165, 1.54) is 7.11 Å². The van der Waals surface area contributed by atoms with Crippen molar-refractivity contribution in [1.82, 2.24) is 5.32 Å². The van der Waals surface area contributed by atoms with Crippen molar-refractivity contribution in [3.63, 3.8) is 0 Å². The van der Waals surface area contributed by atoms with Crippen molar-refractivity contribution < 1.29 is 22.7 Å². The fourth-order valence-electron chi connectivity index (χ4n) is 3.03. The number of nitrogens with one attached hydrogen (secondary N) is 1. The van der Waals surface area contributed by atoms with E-state index in [1.54, 1.807) is 30.3 Å². The minimum Gasteiger partial charge on any atom is -0.495 e. The molecule has 0 unspecified atom stereocenters. The molecule has 0 saturated heterocycles. The fraction of sp³-hybridized carbons (Fsp3) is 0.435. The van der Waals surface area contributed by atoms with E-state index in [-0.39, 0.29) is 23.1 Å². The molecular weight excluding hydrogens is 416 g/mol. The van der Waals surface area contributed by atoms with Crippen LogP contribution in [0.5, 0.6) is 5.75 Å². The molecule has 1 amide bonds. The molecule has 31 heavy (non-hydrogen) atoms. The van der Waals surface area contributed by atoms with Gasteiger partial charge in [-0.2, -0.15) is 0 Å². The standard InChI is InChI=1S/C23H32N2O5S/c1-6-30-13-7-12-24-23(26)16-25(20-10-9-18(3)19(4)15-20)31(27,28)22-14-17(2)8-11-21(22)29-5/h8-11,14-15H,6-7,12-13,16H2,1-5H3,(H,24,26). The molecule has 0 aliphatic carbocycles. The third-order valence-corrected chi connectivity index (χ3v) is 6.74. The van der Waals surface area contributed by atoms with Gasteiger partial charge in [-0.05, 0) is 75.1 Å². The SMILES string of the molecule is CCOCCCNC(=O)CN(c1ccc(C)c(C)c1)S(=O)(=O)c1cc(C)ccc1OC. The molecule has 0 spiro atoms. The third-order valence-electron chi connectivity index (χ3n) is 4.94. The van der Waals surface area contributed by atoms with Crippen LogP contribution in [0.3, 0.4) is 0 Å². The molecule has 2 rings (SSSR count). The van der Waals surface area contributed by atoms with Gasteiger partial charge in [0.15, 0.2) is 0 Å². The normalized spacial score (nSPS) is 11.3. The van der Waals surface area contributed by atoms with Gasteiger partial charge < -0.3 is 14.8 Å². The third kappa shape index (κ3) is 6.45. The van der Waals surface area contributed by atoms with Gasteiger partial charge in [0, 0.05) is 19.8 Å². The van der Waals surface area contributed by atoms with Crippen LogP contribution in [0.25, 0.3) is 0 Å². The molecule has 2 aromatic carbocycles. The highest BCUT2D eigenvalue weighted by Crippen LogP contribution is 2.31. The lowest BCUT2D eigenvalue weighted by Crippen LogP contribution is -2.41. The molecule has 0 radical (unpaired) electrons. The molecule has 0 bridgehead atoms. The van der Waals surface area contributed by atoms with E-state index in [2.05, 4.69) is 5.32 Å². The number of carbonyl (C=O) groups is 1. The summed E-state index contributed by atoms with van der Waals surface area (Å²) in [5, 5.41) is 2.78. The van der Waals surface area contributed by atoms with Gasteiger partial charge in [0.1, 0.15) is 17.2 Å². The van der Waals surface area contributed by atoms with E-state index in [4.69, 9.17) is 9.47 Å². The van der Waals surface area contributed by atoms with Crippen molar-refractivity contribution in [3.8, 4) is 5.75 Å². The number of sulfonamides is 1. The zero-order chi connectivity index (χ0) is 23.0. The van der Waals surface area contributed by atoms with Gasteiger partial charge in [0.25, 0.3) is 10.0 Å². The molecule has 0 fully saturated rings. The van der Waals surface area contributed by atoms with Gasteiger partial charge in [0.2, 0.25) is 5.91 Å². The molecule has 0 saturated carbocycles. The van der Waals surface area contributed by atoms with E-state index in [0.717, 1.165) is 21.0 Å². The van der Waals surface area contributed by atoms with Gasteiger partial charge in [-0.1, -0.05) is 12.1 Å². The van der Waals surface area contributed by atoms with Crippen LogP contribution in [0.2, 0.25) is 0 Å². The number of carbonyl (C=O) groups excluding carboxylic acids is 1. The van der Waals surface area contributed by atoms with Crippen LogP contribution in [0.15, 0.2) is 41.3 Å². The Morgan fingerprint density at radius 3 is 2.45 bits per heavy atom. The summed E-state index contributed by atoms with van der Waals surface area (Å²) in [6.07, 6.45) is 0.654. The van der Waals surface area contributed by atoms with Gasteiger partial charge in [-0.25, -0.2) is 8.42 Å². The van der Waals surface area contributed by atoms with Gasteiger partial charge in [0.05, 0.1) is 12.8 Å². The van der Waals surface area contributed by atoms with Gasteiger partial charge in [-0.3, -0.25) is 9.10 Å². The van der Waals surface area contributed by atoms with E-state index in [9.17, 15) is 13.2 Å². The second-order valence-corrected chi connectivity index (χ2v) is 9.17. The number of benzene rings is 2. The first-order valence-corrected chi connectivity index (χ1v) is 11.7. The number of nitrogens with zero attached hydrogens (tertiary/aromatic N) is 1. The predicted molar refractivity (Wildman–Crippen MR) is 122 cm³/mol. The number of hydrogen-bond donors (Lipinski definition) is 1. The Kier molecular flexibility index (Phi) is 8.88. The Labute approximate surface area is 185 Å². The number of rotatable bonds is 11. The average Bonchev–Trinajstić information content (AvgIpc) is 2.73. The van der Waals surface area contributed by atoms with E-state index < -0.39 is 10.0 Å². The zero-order valence-corrected chi connectivity index (χ0v) is 19.7. The van der Waals surface area contributed by atoms with Gasteiger partial charge >= 0.3 is 0 Å². The number of anilines is 1. The monoisotopic (exact) mass is 448 g/mol. The van der Waals surface area contributed by atoms with E-state index in [1.807, 2.05) is 33.8 Å². The van der Waals surface area contributed by atoms with E-state index >= 15 is 0 Å². The van der Waals surface area contributed by atoms with Crippen LogP contribution in [0, 0.1) is 20.8 Å². The topological polar surface area (TPSA) is 84.9 Å². The Bertz CT molecular complexity index is 1010. The lowest BCUT2D eigenvalue weighted by atomic mass is 10.1. The molecule has 7 nitrogen and oxygen atoms in total. The maximum absolute atomic E-state index is 13.7. The van der Waals surface area contributed by atoms with Crippen LogP contribution in [0.4, 0.5) is 5.69 Å². The quantitative estimate of drug-likeness (QED) is 0.533. The summed E-state index contributed by atoms with van der Waals surface area (Å²) in [6.45, 7) is 8.80. The Morgan fingerprint density at radius 1 is 1.06 bits per heavy atom. The van der Waals surface area contributed by atoms with Crippen molar-refractivity contribution in [3.05, 3.63) is 53.1 Å². The molecule has 0 atom stereocenters. The summed E-state index contributed by atoms with van der Waals surface area (Å²) in [5.74, 6) is -0.151. The summed E-state index contributed by atoms with van der Waals surface area (Å²) >= 11 is 0. The highest BCUT2D eigenvalue weighted by atomic mass is 32.2. The van der Waals surface area contributed by atoms with Gasteiger partial charge in [-0.15, -0.1) is 0 Å². The highest BCUT2D eigenvalue weighted by Gasteiger charge is 2.30. The first kappa shape index (κ1) is 24.7. The summed E-state index contributed by atoms with van der Waals surface area (Å²) < 4.78 is 39.0. The molecule has 170 valence electrons. The predicted octanol–water partition coefficient (Wildman–Crippen LogP) is 3.36. The lowest BCUT2D eigenvalue weighted by molar-refractivity contribution is -0.119. The van der Waals surface area contributed by atoms with Crippen molar-refractivity contribution in [2.75, 3.05) is 37.7 Å². The average molecular weight is 449 g/mol. The largest absolute Gasteiger partial charge is 0.495 e. The minimum absolute atomic E-state index is 0.0253. The second-order valence-electron chi connectivity index (χ2n) is 7.33. The van der Waals surface area contributed by atoms with Crippen LogP contribution in [0.1, 0.15) is 30.0 Å². The summed E-state index contributed by atoms with van der Waals surface area (Å²) in [6, 6.07) is 10.3.